The van der Waals surface area contributed by atoms with Crippen LogP contribution >= 0.6 is 0 Å². The van der Waals surface area contributed by atoms with Crippen molar-refractivity contribution < 1.29 is 23.1 Å². The van der Waals surface area contributed by atoms with Gasteiger partial charge in [0.1, 0.15) is 5.75 Å². The van der Waals surface area contributed by atoms with Crippen LogP contribution in [-0.4, -0.2) is 39.4 Å². The monoisotopic (exact) mass is 299 g/mol. The number of hydrogen-bond acceptors (Lipinski definition) is 5. The summed E-state index contributed by atoms with van der Waals surface area (Å²) >= 11 is 0. The summed E-state index contributed by atoms with van der Waals surface area (Å²) in [5, 5.41) is 12.1. The molecular weight excluding hydrogens is 282 g/mol. The molecule has 110 valence electrons. The minimum absolute atomic E-state index is 0.139. The van der Waals surface area contributed by atoms with E-state index >= 15 is 0 Å². The van der Waals surface area contributed by atoms with E-state index in [0.717, 1.165) is 11.8 Å². The summed E-state index contributed by atoms with van der Waals surface area (Å²) < 4.78 is 28.3. The van der Waals surface area contributed by atoms with Crippen molar-refractivity contribution in [3.8, 4) is 5.75 Å². The molecule has 0 aromatic heterocycles. The second kappa shape index (κ2) is 5.41. The van der Waals surface area contributed by atoms with Crippen molar-refractivity contribution in [1.82, 2.24) is 5.32 Å². The predicted octanol–water partition coefficient (Wildman–Crippen LogP) is 0.834. The van der Waals surface area contributed by atoms with Gasteiger partial charge in [0.05, 0.1) is 17.9 Å². The van der Waals surface area contributed by atoms with E-state index in [1.807, 2.05) is 0 Å². The number of nitrogens with one attached hydrogen (secondary N) is 1. The molecule has 0 amide bonds. The van der Waals surface area contributed by atoms with Gasteiger partial charge >= 0.3 is 5.97 Å². The lowest BCUT2D eigenvalue weighted by atomic mass is 9.99. The number of rotatable bonds is 4. The van der Waals surface area contributed by atoms with Gasteiger partial charge in [0, 0.05) is 24.4 Å². The van der Waals surface area contributed by atoms with E-state index in [0.29, 0.717) is 18.7 Å². The third-order valence-electron chi connectivity index (χ3n) is 3.49. The van der Waals surface area contributed by atoms with E-state index in [2.05, 4.69) is 5.32 Å². The Morgan fingerprint density at radius 3 is 2.65 bits per heavy atom. The van der Waals surface area contributed by atoms with Gasteiger partial charge in [-0.1, -0.05) is 6.07 Å². The summed E-state index contributed by atoms with van der Waals surface area (Å²) in [6.07, 6.45) is 1.60. The number of hydrogen-bond donors (Lipinski definition) is 2. The molecule has 0 aliphatic carbocycles. The molecule has 1 aliphatic heterocycles. The predicted molar refractivity (Wildman–Crippen MR) is 72.6 cm³/mol. The SMILES string of the molecule is COc1cc(S(C)(=O)=O)ccc1C1CC(C(=O)O)CN1. The Hall–Kier alpha value is -1.60. The first-order valence-corrected chi connectivity index (χ1v) is 8.06. The highest BCUT2D eigenvalue weighted by Gasteiger charge is 2.31. The fourth-order valence-electron chi connectivity index (χ4n) is 2.37. The third kappa shape index (κ3) is 2.94. The van der Waals surface area contributed by atoms with Crippen LogP contribution in [0.25, 0.3) is 0 Å². The zero-order valence-electron chi connectivity index (χ0n) is 11.3. The van der Waals surface area contributed by atoms with Crippen LogP contribution in [0.5, 0.6) is 5.75 Å². The van der Waals surface area contributed by atoms with Crippen molar-refractivity contribution in [3.05, 3.63) is 23.8 Å². The molecule has 1 fully saturated rings. The molecule has 0 radical (unpaired) electrons. The number of carboxylic acid groups (broad SMARTS) is 1. The number of aliphatic carboxylic acids is 1. The molecule has 7 heteroatoms. The lowest BCUT2D eigenvalue weighted by Crippen LogP contribution is -2.17. The quantitative estimate of drug-likeness (QED) is 0.855. The van der Waals surface area contributed by atoms with Crippen molar-refractivity contribution in [3.63, 3.8) is 0 Å². The molecular formula is C13H17NO5S. The van der Waals surface area contributed by atoms with Gasteiger partial charge in [0.25, 0.3) is 0 Å². The first-order valence-electron chi connectivity index (χ1n) is 6.17. The van der Waals surface area contributed by atoms with Gasteiger partial charge in [-0.25, -0.2) is 8.42 Å². The Morgan fingerprint density at radius 1 is 1.45 bits per heavy atom. The Bertz CT molecular complexity index is 626. The topological polar surface area (TPSA) is 92.7 Å². The Kier molecular flexibility index (Phi) is 4.01. The fourth-order valence-corrected chi connectivity index (χ4v) is 3.01. The van der Waals surface area contributed by atoms with Crippen LogP contribution in [-0.2, 0) is 14.6 Å². The molecule has 0 saturated carbocycles. The van der Waals surface area contributed by atoms with E-state index in [4.69, 9.17) is 9.84 Å². The van der Waals surface area contributed by atoms with Crippen LogP contribution in [0.3, 0.4) is 0 Å². The first-order chi connectivity index (χ1) is 9.32. The number of ether oxygens (including phenoxy) is 1. The minimum atomic E-state index is -3.29. The van der Waals surface area contributed by atoms with Gasteiger partial charge in [0.2, 0.25) is 0 Å². The molecule has 2 rings (SSSR count). The lowest BCUT2D eigenvalue weighted by Gasteiger charge is -2.16. The second-order valence-corrected chi connectivity index (χ2v) is 6.92. The number of benzene rings is 1. The molecule has 2 atom stereocenters. The number of methoxy groups -OCH3 is 1. The fraction of sp³-hybridized carbons (Fsp3) is 0.462. The standard InChI is InChI=1S/C13H17NO5S/c1-19-12-6-9(20(2,17)18)3-4-10(12)11-5-8(7-14-11)13(15)16/h3-4,6,8,11,14H,5,7H2,1-2H3,(H,15,16). The largest absolute Gasteiger partial charge is 0.496 e. The Morgan fingerprint density at radius 2 is 2.15 bits per heavy atom. The average Bonchev–Trinajstić information content (AvgIpc) is 2.86. The molecule has 0 bridgehead atoms. The molecule has 6 nitrogen and oxygen atoms in total. The van der Waals surface area contributed by atoms with Crippen LogP contribution in [0.1, 0.15) is 18.0 Å². The van der Waals surface area contributed by atoms with Gasteiger partial charge < -0.3 is 15.2 Å². The summed E-state index contributed by atoms with van der Waals surface area (Å²) in [7, 11) is -1.83. The summed E-state index contributed by atoms with van der Waals surface area (Å²) in [4.78, 5) is 11.2. The smallest absolute Gasteiger partial charge is 0.307 e. The minimum Gasteiger partial charge on any atom is -0.496 e. The van der Waals surface area contributed by atoms with Gasteiger partial charge in [-0.15, -0.1) is 0 Å². The zero-order valence-corrected chi connectivity index (χ0v) is 12.1. The maximum atomic E-state index is 11.5. The highest BCUT2D eigenvalue weighted by atomic mass is 32.2. The zero-order chi connectivity index (χ0) is 14.9. The van der Waals surface area contributed by atoms with Crippen LogP contribution in [0.15, 0.2) is 23.1 Å². The molecule has 2 unspecified atom stereocenters. The molecule has 1 aromatic rings. The van der Waals surface area contributed by atoms with Gasteiger partial charge in [-0.3, -0.25) is 4.79 Å². The van der Waals surface area contributed by atoms with E-state index < -0.39 is 21.7 Å². The van der Waals surface area contributed by atoms with Crippen molar-refractivity contribution >= 4 is 15.8 Å². The normalized spacial score (nSPS) is 22.7. The Labute approximate surface area is 117 Å². The maximum absolute atomic E-state index is 11.5. The van der Waals surface area contributed by atoms with Gasteiger partial charge in [-0.2, -0.15) is 0 Å². The summed E-state index contributed by atoms with van der Waals surface area (Å²) in [6.45, 7) is 0.400. The van der Waals surface area contributed by atoms with Crippen molar-refractivity contribution in [2.45, 2.75) is 17.4 Å². The number of sulfone groups is 1. The van der Waals surface area contributed by atoms with Gasteiger partial charge in [0.15, 0.2) is 9.84 Å². The molecule has 1 heterocycles. The molecule has 1 aliphatic rings. The Balaban J connectivity index is 2.32. The van der Waals surface area contributed by atoms with E-state index in [9.17, 15) is 13.2 Å². The molecule has 2 N–H and O–H groups in total. The van der Waals surface area contributed by atoms with E-state index in [-0.39, 0.29) is 10.9 Å². The van der Waals surface area contributed by atoms with Crippen molar-refractivity contribution in [2.24, 2.45) is 5.92 Å². The van der Waals surface area contributed by atoms with Crippen LogP contribution in [0.4, 0.5) is 0 Å². The molecule has 0 spiro atoms. The van der Waals surface area contributed by atoms with Crippen molar-refractivity contribution in [2.75, 3.05) is 19.9 Å². The van der Waals surface area contributed by atoms with Gasteiger partial charge in [-0.05, 0) is 18.6 Å². The molecule has 1 saturated heterocycles. The van der Waals surface area contributed by atoms with E-state index in [1.54, 1.807) is 6.07 Å². The molecule has 20 heavy (non-hydrogen) atoms. The summed E-state index contributed by atoms with van der Waals surface area (Å²) in [5.74, 6) is -0.803. The number of carbonyl (C=O) groups is 1. The number of carboxylic acids is 1. The lowest BCUT2D eigenvalue weighted by molar-refractivity contribution is -0.141. The molecule has 1 aromatic carbocycles. The van der Waals surface area contributed by atoms with Crippen LogP contribution in [0.2, 0.25) is 0 Å². The average molecular weight is 299 g/mol. The van der Waals surface area contributed by atoms with Crippen LogP contribution in [0, 0.1) is 5.92 Å². The van der Waals surface area contributed by atoms with Crippen molar-refractivity contribution in [1.29, 1.82) is 0 Å². The third-order valence-corrected chi connectivity index (χ3v) is 4.60. The summed E-state index contributed by atoms with van der Waals surface area (Å²) in [6, 6.07) is 4.53. The maximum Gasteiger partial charge on any atom is 0.307 e. The van der Waals surface area contributed by atoms with E-state index in [1.165, 1.54) is 19.2 Å². The highest BCUT2D eigenvalue weighted by Crippen LogP contribution is 2.34. The second-order valence-electron chi connectivity index (χ2n) is 4.91. The highest BCUT2D eigenvalue weighted by molar-refractivity contribution is 7.90. The first kappa shape index (κ1) is 14.8. The summed E-state index contributed by atoms with van der Waals surface area (Å²) in [5.41, 5.74) is 0.781. The van der Waals surface area contributed by atoms with Crippen LogP contribution < -0.4 is 10.1 Å².